The number of aromatic nitrogens is 2. The number of hydrogen-bond donors (Lipinski definition) is 1. The van der Waals surface area contributed by atoms with Crippen LogP contribution < -0.4 is 0 Å². The first-order valence-corrected chi connectivity index (χ1v) is 11.8. The van der Waals surface area contributed by atoms with Gasteiger partial charge in [0.2, 0.25) is 11.7 Å². The van der Waals surface area contributed by atoms with Crippen molar-refractivity contribution in [2.75, 3.05) is 0 Å². The van der Waals surface area contributed by atoms with Gasteiger partial charge in [0, 0.05) is 29.1 Å². The number of nitrogens with zero attached hydrogens (tertiary/aromatic N) is 4. The van der Waals surface area contributed by atoms with Crippen molar-refractivity contribution in [3.05, 3.63) is 94.3 Å². The number of nitro groups is 1. The highest BCUT2D eigenvalue weighted by atomic mass is 32.2. The van der Waals surface area contributed by atoms with Gasteiger partial charge in [0.1, 0.15) is 10.5 Å². The second kappa shape index (κ2) is 10.8. The van der Waals surface area contributed by atoms with Crippen LogP contribution in [0.1, 0.15) is 31.1 Å². The number of thioether (sulfide) groups is 1. The highest BCUT2D eigenvalue weighted by Gasteiger charge is 2.28. The molecule has 0 amide bonds. The first kappa shape index (κ1) is 25.1. The average molecular weight is 509 g/mol. The van der Waals surface area contributed by atoms with E-state index in [9.17, 15) is 20.0 Å². The van der Waals surface area contributed by atoms with Crippen molar-refractivity contribution in [3.8, 4) is 11.4 Å². The van der Waals surface area contributed by atoms with E-state index in [-0.39, 0.29) is 5.69 Å². The molecule has 2 aromatic carbocycles. The number of carboxylic acids is 1. The first-order chi connectivity index (χ1) is 17.2. The Balaban J connectivity index is 1.47. The van der Waals surface area contributed by atoms with Gasteiger partial charge in [0.25, 0.3) is 5.69 Å². The second-order valence-electron chi connectivity index (χ2n) is 8.60. The van der Waals surface area contributed by atoms with E-state index in [2.05, 4.69) is 15.0 Å². The Morgan fingerprint density at radius 3 is 2.42 bits per heavy atom. The molecule has 186 valence electrons. The number of nitro benzene ring substituents is 1. The fourth-order valence-corrected chi connectivity index (χ4v) is 4.36. The summed E-state index contributed by atoms with van der Waals surface area (Å²) in [6.45, 7) is 4.76. The van der Waals surface area contributed by atoms with Crippen LogP contribution in [0.2, 0.25) is 0 Å². The molecule has 0 unspecified atom stereocenters. The van der Waals surface area contributed by atoms with Crippen LogP contribution in [0, 0.1) is 10.1 Å². The van der Waals surface area contributed by atoms with Gasteiger partial charge in [0.15, 0.2) is 0 Å². The Labute approximate surface area is 211 Å². The van der Waals surface area contributed by atoms with E-state index in [0.717, 1.165) is 16.2 Å². The third-order valence-electron chi connectivity index (χ3n) is 5.34. The molecule has 0 bridgehead atoms. The molecule has 2 aromatic heterocycles. The summed E-state index contributed by atoms with van der Waals surface area (Å²) in [6, 6.07) is 17.4. The molecule has 0 saturated heterocycles. The molecule has 4 rings (SSSR count). The summed E-state index contributed by atoms with van der Waals surface area (Å²) in [5.41, 5.74) is 1.63. The number of non-ortho nitro benzene ring substituents is 1. The van der Waals surface area contributed by atoms with Crippen molar-refractivity contribution in [1.82, 2.24) is 15.0 Å². The summed E-state index contributed by atoms with van der Waals surface area (Å²) >= 11 is 1.29. The first-order valence-electron chi connectivity index (χ1n) is 11.0. The van der Waals surface area contributed by atoms with Crippen molar-refractivity contribution >= 4 is 23.4 Å². The lowest BCUT2D eigenvalue weighted by atomic mass is 10.2. The molecule has 10 nitrogen and oxygen atoms in total. The third-order valence-corrected chi connectivity index (χ3v) is 6.53. The standard InChI is InChI=1S/C25H24N4O6S/c1-25(2,24(30)31)36-21-11-5-17(6-12-21)14-28(15-20-4-3-13-34-20)16-22-26-23(27-35-22)18-7-9-19(10-8-18)29(32)33/h3-13H,14-16H2,1-2H3,(H,30,31). The summed E-state index contributed by atoms with van der Waals surface area (Å²) < 4.78 is 10.0. The Kier molecular flexibility index (Phi) is 7.51. The van der Waals surface area contributed by atoms with Gasteiger partial charge in [-0.05, 0) is 55.8 Å². The van der Waals surface area contributed by atoms with Crippen molar-refractivity contribution < 1.29 is 23.8 Å². The molecular formula is C25H24N4O6S. The van der Waals surface area contributed by atoms with E-state index >= 15 is 0 Å². The molecule has 0 radical (unpaired) electrons. The summed E-state index contributed by atoms with van der Waals surface area (Å²) in [4.78, 5) is 29.2. The quantitative estimate of drug-likeness (QED) is 0.159. The lowest BCUT2D eigenvalue weighted by Crippen LogP contribution is -2.26. The van der Waals surface area contributed by atoms with Crippen molar-refractivity contribution in [2.45, 2.75) is 43.1 Å². The molecule has 36 heavy (non-hydrogen) atoms. The van der Waals surface area contributed by atoms with Gasteiger partial charge >= 0.3 is 5.97 Å². The number of carbonyl (C=O) groups is 1. The molecule has 0 spiro atoms. The van der Waals surface area contributed by atoms with Crippen LogP contribution in [0.3, 0.4) is 0 Å². The van der Waals surface area contributed by atoms with Crippen LogP contribution in [0.4, 0.5) is 5.69 Å². The Hall–Kier alpha value is -3.96. The zero-order chi connectivity index (χ0) is 25.7. The summed E-state index contributed by atoms with van der Waals surface area (Å²) in [7, 11) is 0. The zero-order valence-corrected chi connectivity index (χ0v) is 20.5. The SMILES string of the molecule is CC(C)(Sc1ccc(CN(Cc2ccco2)Cc2nc(-c3ccc([N+](=O)[O-])cc3)no2)cc1)C(=O)O. The zero-order valence-electron chi connectivity index (χ0n) is 19.7. The number of carboxylic acid groups (broad SMARTS) is 1. The number of hydrogen-bond acceptors (Lipinski definition) is 9. The minimum absolute atomic E-state index is 0.0111. The molecule has 2 heterocycles. The molecule has 0 fully saturated rings. The highest BCUT2D eigenvalue weighted by molar-refractivity contribution is 8.01. The molecule has 0 aliphatic heterocycles. The van der Waals surface area contributed by atoms with Crippen molar-refractivity contribution in [2.24, 2.45) is 0 Å². The van der Waals surface area contributed by atoms with Gasteiger partial charge in [-0.25, -0.2) is 0 Å². The molecule has 0 aliphatic carbocycles. The maximum atomic E-state index is 11.4. The Morgan fingerprint density at radius 1 is 1.08 bits per heavy atom. The average Bonchev–Trinajstić information content (AvgIpc) is 3.52. The Morgan fingerprint density at radius 2 is 1.81 bits per heavy atom. The van der Waals surface area contributed by atoms with Crippen molar-refractivity contribution in [3.63, 3.8) is 0 Å². The normalized spacial score (nSPS) is 11.6. The minimum Gasteiger partial charge on any atom is -0.480 e. The lowest BCUT2D eigenvalue weighted by molar-refractivity contribution is -0.384. The number of rotatable bonds is 11. The van der Waals surface area contributed by atoms with E-state index in [4.69, 9.17) is 8.94 Å². The molecule has 0 atom stereocenters. The summed E-state index contributed by atoms with van der Waals surface area (Å²) in [5, 5.41) is 24.3. The van der Waals surface area contributed by atoms with Crippen LogP contribution in [-0.2, 0) is 24.4 Å². The van der Waals surface area contributed by atoms with Gasteiger partial charge in [-0.2, -0.15) is 4.98 Å². The molecule has 0 saturated carbocycles. The van der Waals surface area contributed by atoms with E-state index in [0.29, 0.717) is 36.9 Å². The van der Waals surface area contributed by atoms with Crippen LogP contribution in [0.25, 0.3) is 11.4 Å². The van der Waals surface area contributed by atoms with Crippen LogP contribution >= 0.6 is 11.8 Å². The fraction of sp³-hybridized carbons (Fsp3) is 0.240. The smallest absolute Gasteiger partial charge is 0.319 e. The number of furan rings is 1. The maximum Gasteiger partial charge on any atom is 0.319 e. The van der Waals surface area contributed by atoms with E-state index in [1.807, 2.05) is 36.4 Å². The predicted molar refractivity (Wildman–Crippen MR) is 132 cm³/mol. The molecule has 4 aromatic rings. The van der Waals surface area contributed by atoms with Gasteiger partial charge in [-0.3, -0.25) is 19.8 Å². The molecule has 0 aliphatic rings. The number of aliphatic carboxylic acids is 1. The van der Waals surface area contributed by atoms with Gasteiger partial charge in [0.05, 0.1) is 24.3 Å². The topological polar surface area (TPSA) is 136 Å². The largest absolute Gasteiger partial charge is 0.480 e. The van der Waals surface area contributed by atoms with E-state index in [1.54, 1.807) is 32.2 Å². The third kappa shape index (κ3) is 6.37. The highest BCUT2D eigenvalue weighted by Crippen LogP contribution is 2.33. The van der Waals surface area contributed by atoms with Crippen LogP contribution in [0.5, 0.6) is 0 Å². The molecular weight excluding hydrogens is 484 g/mol. The van der Waals surface area contributed by atoms with Gasteiger partial charge in [-0.15, -0.1) is 11.8 Å². The van der Waals surface area contributed by atoms with Gasteiger partial charge in [-0.1, -0.05) is 17.3 Å². The fourth-order valence-electron chi connectivity index (χ4n) is 3.41. The Bertz CT molecular complexity index is 1320. The summed E-state index contributed by atoms with van der Waals surface area (Å²) in [6.07, 6.45) is 1.61. The van der Waals surface area contributed by atoms with Crippen molar-refractivity contribution in [1.29, 1.82) is 0 Å². The van der Waals surface area contributed by atoms with E-state index < -0.39 is 15.6 Å². The predicted octanol–water partition coefficient (Wildman–Crippen LogP) is 5.40. The molecule has 11 heteroatoms. The monoisotopic (exact) mass is 508 g/mol. The molecule has 1 N–H and O–H groups in total. The minimum atomic E-state index is -0.924. The summed E-state index contributed by atoms with van der Waals surface area (Å²) in [5.74, 6) is 0.653. The van der Waals surface area contributed by atoms with Gasteiger partial charge < -0.3 is 14.0 Å². The van der Waals surface area contributed by atoms with Crippen LogP contribution in [-0.4, -0.2) is 35.8 Å². The maximum absolute atomic E-state index is 11.4. The van der Waals surface area contributed by atoms with E-state index in [1.165, 1.54) is 23.9 Å². The lowest BCUT2D eigenvalue weighted by Gasteiger charge is -2.20. The van der Waals surface area contributed by atoms with Crippen LogP contribution in [0.15, 0.2) is 80.8 Å². The number of benzene rings is 2. The second-order valence-corrected chi connectivity index (χ2v) is 10.3.